The first-order valence-electron chi connectivity index (χ1n) is 10.2. The second-order valence-corrected chi connectivity index (χ2v) is 7.57. The van der Waals surface area contributed by atoms with E-state index >= 15 is 0 Å². The van der Waals surface area contributed by atoms with Crippen LogP contribution >= 0.6 is 0 Å². The molecule has 0 fully saturated rings. The van der Waals surface area contributed by atoms with Crippen LogP contribution in [-0.2, 0) is 9.53 Å². The predicted octanol–water partition coefficient (Wildman–Crippen LogP) is 4.25. The third-order valence-corrected chi connectivity index (χ3v) is 5.45. The van der Waals surface area contributed by atoms with Gasteiger partial charge in [-0.15, -0.1) is 0 Å². The van der Waals surface area contributed by atoms with Crippen molar-refractivity contribution in [1.29, 1.82) is 0 Å². The smallest absolute Gasteiger partial charge is 0.407 e. The molecule has 4 rings (SSSR count). The Morgan fingerprint density at radius 3 is 2.19 bits per heavy atom. The number of alkyl carbamates (subject to hydrolysis) is 1. The number of anilines is 1. The second kappa shape index (κ2) is 8.93. The number of carbonyl (C=O) groups excluding carboxylic acids is 2. The summed E-state index contributed by atoms with van der Waals surface area (Å²) in [5.74, 6) is -1.65. The van der Waals surface area contributed by atoms with Crippen LogP contribution in [0.2, 0.25) is 0 Å². The first kappa shape index (κ1) is 21.1. The number of carboxylic acids is 1. The Hall–Kier alpha value is -4.13. The molecule has 0 aliphatic heterocycles. The van der Waals surface area contributed by atoms with Crippen LogP contribution in [0.5, 0.6) is 0 Å². The normalized spacial score (nSPS) is 12.9. The average Bonchev–Trinajstić information content (AvgIpc) is 3.11. The Bertz CT molecular complexity index is 1140. The number of hydrogen-bond donors (Lipinski definition) is 3. The van der Waals surface area contributed by atoms with Crippen molar-refractivity contribution in [2.75, 3.05) is 11.9 Å². The maximum absolute atomic E-state index is 12.4. The molecule has 1 unspecified atom stereocenters. The Morgan fingerprint density at radius 2 is 1.56 bits per heavy atom. The third kappa shape index (κ3) is 4.32. The van der Waals surface area contributed by atoms with Gasteiger partial charge in [0.2, 0.25) is 5.91 Å². The molecule has 1 atom stereocenters. The van der Waals surface area contributed by atoms with Crippen LogP contribution in [0, 0.1) is 0 Å². The fourth-order valence-electron chi connectivity index (χ4n) is 3.86. The number of rotatable bonds is 6. The molecule has 3 N–H and O–H groups in total. The summed E-state index contributed by atoms with van der Waals surface area (Å²) in [6.45, 7) is 1.67. The Morgan fingerprint density at radius 1 is 0.938 bits per heavy atom. The molecular formula is C25H22N2O5. The first-order chi connectivity index (χ1) is 15.4. The van der Waals surface area contributed by atoms with Crippen molar-refractivity contribution in [1.82, 2.24) is 5.32 Å². The van der Waals surface area contributed by atoms with Gasteiger partial charge in [-0.2, -0.15) is 0 Å². The summed E-state index contributed by atoms with van der Waals surface area (Å²) in [5, 5.41) is 14.2. The van der Waals surface area contributed by atoms with Gasteiger partial charge in [-0.05, 0) is 47.4 Å². The number of carbonyl (C=O) groups is 3. The van der Waals surface area contributed by atoms with Gasteiger partial charge >= 0.3 is 12.1 Å². The summed E-state index contributed by atoms with van der Waals surface area (Å²) in [6.07, 6.45) is -0.700. The van der Waals surface area contributed by atoms with E-state index in [0.29, 0.717) is 5.69 Å². The molecule has 0 aromatic heterocycles. The molecule has 0 saturated heterocycles. The van der Waals surface area contributed by atoms with E-state index in [1.54, 1.807) is 6.07 Å². The molecule has 7 heteroatoms. The summed E-state index contributed by atoms with van der Waals surface area (Å²) in [7, 11) is 0. The Balaban J connectivity index is 1.36. The summed E-state index contributed by atoms with van der Waals surface area (Å²) >= 11 is 0. The molecule has 32 heavy (non-hydrogen) atoms. The lowest BCUT2D eigenvalue weighted by Crippen LogP contribution is -2.42. The van der Waals surface area contributed by atoms with Crippen molar-refractivity contribution < 1.29 is 24.2 Å². The zero-order valence-corrected chi connectivity index (χ0v) is 17.4. The monoisotopic (exact) mass is 430 g/mol. The van der Waals surface area contributed by atoms with Crippen LogP contribution in [0.25, 0.3) is 11.1 Å². The highest BCUT2D eigenvalue weighted by Gasteiger charge is 2.29. The minimum atomic E-state index is -1.09. The van der Waals surface area contributed by atoms with Crippen LogP contribution in [0.1, 0.15) is 34.3 Å². The summed E-state index contributed by atoms with van der Waals surface area (Å²) in [6, 6.07) is 21.1. The summed E-state index contributed by atoms with van der Waals surface area (Å²) in [5.41, 5.74) is 4.86. The van der Waals surface area contributed by atoms with Crippen molar-refractivity contribution >= 4 is 23.7 Å². The third-order valence-electron chi connectivity index (χ3n) is 5.45. The highest BCUT2D eigenvalue weighted by atomic mass is 16.5. The average molecular weight is 430 g/mol. The van der Waals surface area contributed by atoms with Crippen LogP contribution in [0.4, 0.5) is 10.5 Å². The number of hydrogen-bond acceptors (Lipinski definition) is 4. The lowest BCUT2D eigenvalue weighted by atomic mass is 9.98. The van der Waals surface area contributed by atoms with E-state index in [1.807, 2.05) is 36.4 Å². The van der Waals surface area contributed by atoms with E-state index < -0.39 is 24.0 Å². The Labute approximate surface area is 185 Å². The fourth-order valence-corrected chi connectivity index (χ4v) is 3.86. The highest BCUT2D eigenvalue weighted by molar-refractivity contribution is 5.97. The van der Waals surface area contributed by atoms with Gasteiger partial charge in [0.25, 0.3) is 0 Å². The molecular weight excluding hydrogens is 408 g/mol. The highest BCUT2D eigenvalue weighted by Crippen LogP contribution is 2.44. The standard InChI is InChI=1S/C25H22N2O5/c1-15(23(28)27-17-8-6-7-16(13-17)24(29)30)26-25(31)32-14-22-20-11-4-2-9-18(20)19-10-3-5-12-21(19)22/h2-13,15,22H,14H2,1H3,(H,26,31)(H,27,28)(H,29,30). The fraction of sp³-hybridized carbons (Fsp3) is 0.160. The van der Waals surface area contributed by atoms with Gasteiger partial charge in [0, 0.05) is 11.6 Å². The van der Waals surface area contributed by atoms with E-state index in [2.05, 4.69) is 22.8 Å². The number of nitrogens with one attached hydrogen (secondary N) is 2. The number of benzene rings is 3. The minimum absolute atomic E-state index is 0.0555. The molecule has 3 aromatic carbocycles. The van der Waals surface area contributed by atoms with Crippen molar-refractivity contribution in [2.24, 2.45) is 0 Å². The summed E-state index contributed by atoms with van der Waals surface area (Å²) in [4.78, 5) is 35.8. The molecule has 7 nitrogen and oxygen atoms in total. The molecule has 2 amide bonds. The molecule has 0 radical (unpaired) electrons. The maximum atomic E-state index is 12.4. The quantitative estimate of drug-likeness (QED) is 0.542. The van der Waals surface area contributed by atoms with E-state index in [4.69, 9.17) is 9.84 Å². The van der Waals surface area contributed by atoms with Crippen molar-refractivity contribution in [2.45, 2.75) is 18.9 Å². The second-order valence-electron chi connectivity index (χ2n) is 7.57. The van der Waals surface area contributed by atoms with Crippen molar-refractivity contribution in [3.63, 3.8) is 0 Å². The SMILES string of the molecule is CC(NC(=O)OCC1c2ccccc2-c2ccccc21)C(=O)Nc1cccc(C(=O)O)c1. The molecule has 1 aliphatic carbocycles. The molecule has 0 saturated carbocycles. The first-order valence-corrected chi connectivity index (χ1v) is 10.2. The van der Waals surface area contributed by atoms with Crippen LogP contribution in [0.15, 0.2) is 72.8 Å². The van der Waals surface area contributed by atoms with E-state index in [1.165, 1.54) is 25.1 Å². The van der Waals surface area contributed by atoms with Crippen molar-refractivity contribution in [3.8, 4) is 11.1 Å². The zero-order valence-electron chi connectivity index (χ0n) is 17.4. The molecule has 3 aromatic rings. The number of ether oxygens (including phenoxy) is 1. The predicted molar refractivity (Wildman–Crippen MR) is 120 cm³/mol. The maximum Gasteiger partial charge on any atom is 0.407 e. The number of aromatic carboxylic acids is 1. The summed E-state index contributed by atoms with van der Waals surface area (Å²) < 4.78 is 5.45. The van der Waals surface area contributed by atoms with Gasteiger partial charge in [0.05, 0.1) is 5.56 Å². The van der Waals surface area contributed by atoms with Crippen molar-refractivity contribution in [3.05, 3.63) is 89.5 Å². The largest absolute Gasteiger partial charge is 0.478 e. The minimum Gasteiger partial charge on any atom is -0.478 e. The molecule has 0 heterocycles. The van der Waals surface area contributed by atoms with Gasteiger partial charge in [0.15, 0.2) is 0 Å². The number of amides is 2. The topological polar surface area (TPSA) is 105 Å². The Kier molecular flexibility index (Phi) is 5.89. The van der Waals surface area contributed by atoms with Crippen LogP contribution < -0.4 is 10.6 Å². The molecule has 162 valence electrons. The van der Waals surface area contributed by atoms with Gasteiger partial charge < -0.3 is 20.5 Å². The van der Waals surface area contributed by atoms with E-state index in [9.17, 15) is 14.4 Å². The van der Waals surface area contributed by atoms with E-state index in [0.717, 1.165) is 22.3 Å². The number of fused-ring (bicyclic) bond motifs is 3. The lowest BCUT2D eigenvalue weighted by Gasteiger charge is -2.17. The zero-order chi connectivity index (χ0) is 22.7. The van der Waals surface area contributed by atoms with Gasteiger partial charge in [-0.1, -0.05) is 54.6 Å². The molecule has 0 bridgehead atoms. The van der Waals surface area contributed by atoms with Crippen LogP contribution in [-0.4, -0.2) is 35.7 Å². The van der Waals surface area contributed by atoms with Gasteiger partial charge in [0.1, 0.15) is 12.6 Å². The van der Waals surface area contributed by atoms with Gasteiger partial charge in [-0.3, -0.25) is 4.79 Å². The van der Waals surface area contributed by atoms with Gasteiger partial charge in [-0.25, -0.2) is 9.59 Å². The lowest BCUT2D eigenvalue weighted by molar-refractivity contribution is -0.117. The molecule has 1 aliphatic rings. The van der Waals surface area contributed by atoms with Crippen LogP contribution in [0.3, 0.4) is 0 Å². The molecule has 0 spiro atoms. The number of carboxylic acid groups (broad SMARTS) is 1. The van der Waals surface area contributed by atoms with E-state index in [-0.39, 0.29) is 18.1 Å².